The summed E-state index contributed by atoms with van der Waals surface area (Å²) in [5.74, 6) is 0.960. The molecule has 0 saturated carbocycles. The number of ether oxygens (including phenoxy) is 1. The fourth-order valence-electron chi connectivity index (χ4n) is 2.60. The molecule has 0 spiro atoms. The molecule has 27 heavy (non-hydrogen) atoms. The second-order valence-electron chi connectivity index (χ2n) is 5.85. The van der Waals surface area contributed by atoms with Crippen molar-refractivity contribution in [2.24, 2.45) is 10.7 Å². The number of hydrogen-bond donors (Lipinski definition) is 5. The molecule has 0 radical (unpaired) electrons. The summed E-state index contributed by atoms with van der Waals surface area (Å²) in [7, 11) is 1.88. The lowest BCUT2D eigenvalue weighted by Crippen LogP contribution is -2.20. The molecule has 0 aromatic carbocycles. The number of anilines is 1. The Kier molecular flexibility index (Phi) is 5.84. The molecule has 2 heterocycles. The van der Waals surface area contributed by atoms with Crippen LogP contribution in [0.4, 0.5) is 11.5 Å². The summed E-state index contributed by atoms with van der Waals surface area (Å²) in [6.07, 6.45) is 4.95. The quantitative estimate of drug-likeness (QED) is 0.345. The van der Waals surface area contributed by atoms with Gasteiger partial charge in [0.15, 0.2) is 5.82 Å². The van der Waals surface area contributed by atoms with Crippen LogP contribution in [0, 0.1) is 5.41 Å². The van der Waals surface area contributed by atoms with E-state index in [1.54, 1.807) is 10.6 Å². The van der Waals surface area contributed by atoms with Crippen LogP contribution in [0.15, 0.2) is 53.0 Å². The van der Waals surface area contributed by atoms with Crippen molar-refractivity contribution in [1.82, 2.24) is 14.9 Å². The van der Waals surface area contributed by atoms with Crippen LogP contribution >= 0.6 is 0 Å². The minimum Gasteiger partial charge on any atom is -0.489 e. The third-order valence-electron chi connectivity index (χ3n) is 3.89. The average molecular weight is 369 g/mol. The molecule has 0 saturated heterocycles. The van der Waals surface area contributed by atoms with Gasteiger partial charge in [0, 0.05) is 25.4 Å². The van der Waals surface area contributed by atoms with Crippen molar-refractivity contribution in [3.8, 4) is 0 Å². The maximum atomic E-state index is 8.95. The molecule has 0 unspecified atom stereocenters. The van der Waals surface area contributed by atoms with Crippen LogP contribution in [0.5, 0.6) is 0 Å². The Morgan fingerprint density at radius 1 is 1.33 bits per heavy atom. The number of rotatable bonds is 8. The molecule has 3 rings (SSSR count). The zero-order valence-electron chi connectivity index (χ0n) is 15.1. The van der Waals surface area contributed by atoms with Gasteiger partial charge in [-0.2, -0.15) is 0 Å². The predicted octanol–water partition coefficient (Wildman–Crippen LogP) is 0.807. The van der Waals surface area contributed by atoms with Gasteiger partial charge in [-0.05, 0) is 25.3 Å². The highest BCUT2D eigenvalue weighted by Gasteiger charge is 2.18. The second kappa shape index (κ2) is 8.47. The summed E-state index contributed by atoms with van der Waals surface area (Å²) >= 11 is 0. The van der Waals surface area contributed by atoms with Crippen LogP contribution in [-0.2, 0) is 4.74 Å². The van der Waals surface area contributed by atoms with Crippen LogP contribution in [0.3, 0.4) is 0 Å². The van der Waals surface area contributed by atoms with Crippen molar-refractivity contribution in [3.63, 3.8) is 0 Å². The van der Waals surface area contributed by atoms with Crippen LogP contribution in [0.2, 0.25) is 0 Å². The molecule has 9 heteroatoms. The highest BCUT2D eigenvalue weighted by Crippen LogP contribution is 2.30. The van der Waals surface area contributed by atoms with Crippen molar-refractivity contribution in [1.29, 1.82) is 5.41 Å². The summed E-state index contributed by atoms with van der Waals surface area (Å²) < 4.78 is 7.15. The largest absolute Gasteiger partial charge is 0.489 e. The molecule has 1 aliphatic carbocycles. The number of aromatic nitrogens is 2. The molecule has 2 aromatic heterocycles. The summed E-state index contributed by atoms with van der Waals surface area (Å²) in [6, 6.07) is 5.73. The lowest BCUT2D eigenvalue weighted by molar-refractivity contribution is 0.156. The molecule has 0 bridgehead atoms. The van der Waals surface area contributed by atoms with Gasteiger partial charge in [-0.1, -0.05) is 6.07 Å². The Hall–Kier alpha value is -3.17. The van der Waals surface area contributed by atoms with Gasteiger partial charge < -0.3 is 26.2 Å². The smallest absolute Gasteiger partial charge is 0.175 e. The molecule has 0 amide bonds. The van der Waals surface area contributed by atoms with Crippen LogP contribution in [-0.4, -0.2) is 59.5 Å². The van der Waals surface area contributed by atoms with E-state index in [9.17, 15) is 0 Å². The van der Waals surface area contributed by atoms with E-state index in [1.165, 1.54) is 6.08 Å². The first-order valence-corrected chi connectivity index (χ1v) is 8.60. The van der Waals surface area contributed by atoms with Gasteiger partial charge in [-0.3, -0.25) is 5.41 Å². The summed E-state index contributed by atoms with van der Waals surface area (Å²) in [4.78, 5) is 4.70. The van der Waals surface area contributed by atoms with Crippen LogP contribution in [0.1, 0.15) is 0 Å². The minimum absolute atomic E-state index is 0.1000. The second-order valence-corrected chi connectivity index (χ2v) is 5.85. The molecule has 0 fully saturated rings. The number of nitrogens with two attached hydrogens (primary N) is 1. The van der Waals surface area contributed by atoms with Gasteiger partial charge in [-0.15, -0.1) is 5.10 Å². The van der Waals surface area contributed by atoms with Crippen molar-refractivity contribution in [2.45, 2.75) is 0 Å². The van der Waals surface area contributed by atoms with Gasteiger partial charge in [0.25, 0.3) is 0 Å². The Balaban J connectivity index is 2.02. The summed E-state index contributed by atoms with van der Waals surface area (Å²) in [6.45, 7) is 1.43. The van der Waals surface area contributed by atoms with Crippen molar-refractivity contribution < 1.29 is 9.84 Å². The topological polar surface area (TPSA) is 133 Å². The number of fused-ring (bicyclic) bond motifs is 1. The Morgan fingerprint density at radius 2 is 2.19 bits per heavy atom. The zero-order valence-corrected chi connectivity index (χ0v) is 15.1. The first kappa shape index (κ1) is 18.6. The zero-order chi connectivity index (χ0) is 19.2. The fourth-order valence-corrected chi connectivity index (χ4v) is 2.60. The number of aliphatic imine (C=N–C) groups is 1. The van der Waals surface area contributed by atoms with Crippen molar-refractivity contribution in [3.05, 3.63) is 48.0 Å². The number of likely N-dealkylation sites (N-methyl/N-ethyl adjacent to an activating group) is 1. The van der Waals surface area contributed by atoms with E-state index < -0.39 is 0 Å². The third kappa shape index (κ3) is 4.15. The van der Waals surface area contributed by atoms with Gasteiger partial charge in [0.2, 0.25) is 0 Å². The fraction of sp³-hybridized carbons (Fsp3) is 0.278. The summed E-state index contributed by atoms with van der Waals surface area (Å²) in [5, 5.41) is 27.8. The van der Waals surface area contributed by atoms with Gasteiger partial charge in [-0.25, -0.2) is 9.51 Å². The maximum Gasteiger partial charge on any atom is 0.175 e. The van der Waals surface area contributed by atoms with Crippen molar-refractivity contribution in [2.75, 3.05) is 38.7 Å². The molecule has 1 aliphatic rings. The molecular formula is C18H23N7O2. The Labute approximate surface area is 156 Å². The third-order valence-corrected chi connectivity index (χ3v) is 3.89. The average Bonchev–Trinajstić information content (AvgIpc) is 3.01. The monoisotopic (exact) mass is 369 g/mol. The number of hydrogen-bond acceptors (Lipinski definition) is 8. The number of allylic oxidation sites excluding steroid dienone is 2. The van der Waals surface area contributed by atoms with E-state index in [2.05, 4.69) is 15.7 Å². The number of nitrogens with zero attached hydrogens (tertiary/aromatic N) is 3. The SMILES string of the molecule is CNCCNc1nn2ccccc2c1/N=C1\C=C(OCCO)C(=N)C=C1N. The lowest BCUT2D eigenvalue weighted by atomic mass is 10.1. The molecule has 2 aromatic rings. The molecule has 9 nitrogen and oxygen atoms in total. The number of aliphatic hydroxyl groups is 1. The molecule has 0 aliphatic heterocycles. The van der Waals surface area contributed by atoms with Crippen molar-refractivity contribution >= 4 is 28.4 Å². The molecule has 6 N–H and O–H groups in total. The van der Waals surface area contributed by atoms with E-state index in [0.717, 1.165) is 12.1 Å². The number of nitrogens with one attached hydrogen (secondary N) is 3. The van der Waals surface area contributed by atoms with Gasteiger partial charge >= 0.3 is 0 Å². The van der Waals surface area contributed by atoms with Gasteiger partial charge in [0.1, 0.15) is 18.1 Å². The highest BCUT2D eigenvalue weighted by molar-refractivity contribution is 6.22. The highest BCUT2D eigenvalue weighted by atomic mass is 16.5. The van der Waals surface area contributed by atoms with E-state index in [1.807, 2.05) is 31.4 Å². The molecular weight excluding hydrogens is 346 g/mol. The Morgan fingerprint density at radius 3 is 2.96 bits per heavy atom. The minimum atomic E-state index is -0.135. The predicted molar refractivity (Wildman–Crippen MR) is 106 cm³/mol. The molecule has 142 valence electrons. The van der Waals surface area contributed by atoms with Crippen LogP contribution < -0.4 is 16.4 Å². The van der Waals surface area contributed by atoms with E-state index >= 15 is 0 Å². The summed E-state index contributed by atoms with van der Waals surface area (Å²) in [5.41, 5.74) is 8.56. The van der Waals surface area contributed by atoms with E-state index in [-0.39, 0.29) is 18.9 Å². The number of aliphatic hydroxyl groups excluding tert-OH is 1. The first-order valence-electron chi connectivity index (χ1n) is 8.60. The maximum absolute atomic E-state index is 8.95. The van der Waals surface area contributed by atoms with E-state index in [0.29, 0.717) is 35.2 Å². The van der Waals surface area contributed by atoms with E-state index in [4.69, 9.17) is 26.0 Å². The normalized spacial score (nSPS) is 15.8. The van der Waals surface area contributed by atoms with Crippen LogP contribution in [0.25, 0.3) is 5.52 Å². The first-order chi connectivity index (χ1) is 13.1. The number of pyridine rings is 1. The Bertz CT molecular complexity index is 927. The standard InChI is InChI=1S/C18H23N7O2/c1-21-5-6-22-18-17(15-4-2-3-7-25(15)24-18)23-14-11-16(27-9-8-26)13(20)10-12(14)19/h2-4,7,10-11,20-21,26H,5-6,8-9,19H2,1H3,(H,22,24)/b20-13?,23-14+. The van der Waals surface area contributed by atoms with Gasteiger partial charge in [0.05, 0.1) is 29.2 Å². The molecule has 0 atom stereocenters. The lowest BCUT2D eigenvalue weighted by Gasteiger charge is -2.15.